The van der Waals surface area contributed by atoms with Gasteiger partial charge >= 0.3 is 0 Å². The highest BCUT2D eigenvalue weighted by Gasteiger charge is 2.20. The minimum absolute atomic E-state index is 0.612. The molecule has 22 heavy (non-hydrogen) atoms. The van der Waals surface area contributed by atoms with Gasteiger partial charge in [-0.25, -0.2) is 4.98 Å². The summed E-state index contributed by atoms with van der Waals surface area (Å²) in [7, 11) is -0.897. The third-order valence-electron chi connectivity index (χ3n) is 4.11. The summed E-state index contributed by atoms with van der Waals surface area (Å²) < 4.78 is 14.2. The fourth-order valence-electron chi connectivity index (χ4n) is 3.00. The molecule has 1 aromatic carbocycles. The van der Waals surface area contributed by atoms with Gasteiger partial charge < -0.3 is 4.90 Å². The number of nitrogens with zero attached hydrogens (tertiary/aromatic N) is 4. The Bertz CT molecular complexity index is 587. The number of hydrogen-bond donors (Lipinski definition) is 0. The lowest BCUT2D eigenvalue weighted by molar-refractivity contribution is 0.168. The second kappa shape index (κ2) is 7.65. The van der Waals surface area contributed by atoms with E-state index in [0.29, 0.717) is 11.7 Å². The van der Waals surface area contributed by atoms with Gasteiger partial charge in [0, 0.05) is 30.3 Å². The van der Waals surface area contributed by atoms with Crippen molar-refractivity contribution in [3.8, 4) is 0 Å². The maximum Gasteiger partial charge on any atom is 0.137 e. The number of likely N-dealkylation sites (tertiary alicyclic amines) is 1. The summed E-state index contributed by atoms with van der Waals surface area (Å²) in [5.74, 6) is 1.32. The molecule has 6 heteroatoms. The first-order valence-electron chi connectivity index (χ1n) is 7.79. The van der Waals surface area contributed by atoms with Crippen molar-refractivity contribution in [1.82, 2.24) is 19.7 Å². The van der Waals surface area contributed by atoms with Crippen LogP contribution in [0.3, 0.4) is 0 Å². The normalized spacial score (nSPS) is 20.8. The van der Waals surface area contributed by atoms with Gasteiger partial charge in [-0.2, -0.15) is 5.10 Å². The number of aromatic nitrogens is 3. The molecule has 1 aromatic heterocycles. The lowest BCUT2D eigenvalue weighted by atomic mass is 9.98. The second-order valence-corrected chi connectivity index (χ2v) is 7.36. The van der Waals surface area contributed by atoms with Crippen LogP contribution in [0.15, 0.2) is 47.9 Å². The first-order chi connectivity index (χ1) is 10.8. The number of hydrogen-bond acceptors (Lipinski definition) is 4. The molecule has 5 nitrogen and oxygen atoms in total. The van der Waals surface area contributed by atoms with Gasteiger partial charge in [-0.15, -0.1) is 0 Å². The summed E-state index contributed by atoms with van der Waals surface area (Å²) in [4.78, 5) is 7.36. The van der Waals surface area contributed by atoms with Gasteiger partial charge in [-0.3, -0.25) is 8.89 Å². The van der Waals surface area contributed by atoms with Gasteiger partial charge in [0.1, 0.15) is 12.7 Å². The summed E-state index contributed by atoms with van der Waals surface area (Å²) in [5.41, 5.74) is 0. The SMILES string of the molecule is O=[S@](CCN1CCC[C@H](Cn2cncn2)C1)c1ccccc1. The van der Waals surface area contributed by atoms with Crippen LogP contribution in [-0.4, -0.2) is 49.3 Å². The minimum Gasteiger partial charge on any atom is -0.302 e. The molecule has 0 unspecified atom stereocenters. The molecule has 0 bridgehead atoms. The van der Waals surface area contributed by atoms with Gasteiger partial charge in [0.2, 0.25) is 0 Å². The second-order valence-electron chi connectivity index (χ2n) is 5.79. The van der Waals surface area contributed by atoms with Crippen molar-refractivity contribution in [2.45, 2.75) is 24.3 Å². The lowest BCUT2D eigenvalue weighted by Gasteiger charge is -2.32. The molecule has 2 atom stereocenters. The Hall–Kier alpha value is -1.53. The van der Waals surface area contributed by atoms with Crippen molar-refractivity contribution < 1.29 is 4.21 Å². The van der Waals surface area contributed by atoms with Crippen molar-refractivity contribution in [3.63, 3.8) is 0 Å². The van der Waals surface area contributed by atoms with Gasteiger partial charge in [-0.1, -0.05) is 18.2 Å². The highest BCUT2D eigenvalue weighted by molar-refractivity contribution is 7.85. The zero-order valence-corrected chi connectivity index (χ0v) is 13.5. The first kappa shape index (κ1) is 15.4. The summed E-state index contributed by atoms with van der Waals surface area (Å²) in [5, 5.41) is 4.19. The highest BCUT2D eigenvalue weighted by atomic mass is 32.2. The Balaban J connectivity index is 1.47. The van der Waals surface area contributed by atoms with Gasteiger partial charge in [0.25, 0.3) is 0 Å². The third-order valence-corrected chi connectivity index (χ3v) is 5.47. The van der Waals surface area contributed by atoms with Gasteiger partial charge in [0.15, 0.2) is 0 Å². The van der Waals surface area contributed by atoms with E-state index in [9.17, 15) is 4.21 Å². The molecule has 2 aromatic rings. The molecular weight excluding hydrogens is 296 g/mol. The third kappa shape index (κ3) is 4.24. The minimum atomic E-state index is -0.897. The number of rotatable bonds is 6. The van der Waals surface area contributed by atoms with Gasteiger partial charge in [0.05, 0.1) is 10.8 Å². The van der Waals surface area contributed by atoms with Crippen LogP contribution < -0.4 is 0 Å². The van der Waals surface area contributed by atoms with Crippen LogP contribution in [-0.2, 0) is 17.3 Å². The summed E-state index contributed by atoms with van der Waals surface area (Å²) in [6, 6.07) is 9.74. The van der Waals surface area contributed by atoms with E-state index in [1.165, 1.54) is 12.8 Å². The fourth-order valence-corrected chi connectivity index (χ4v) is 4.12. The Labute approximate surface area is 133 Å². The lowest BCUT2D eigenvalue weighted by Crippen LogP contribution is -2.39. The van der Waals surface area contributed by atoms with Crippen molar-refractivity contribution in [2.75, 3.05) is 25.4 Å². The first-order valence-corrected chi connectivity index (χ1v) is 9.11. The smallest absolute Gasteiger partial charge is 0.137 e. The van der Waals surface area contributed by atoms with E-state index < -0.39 is 10.8 Å². The van der Waals surface area contributed by atoms with E-state index in [-0.39, 0.29) is 0 Å². The Morgan fingerprint density at radius 2 is 2.14 bits per heavy atom. The van der Waals surface area contributed by atoms with Crippen LogP contribution >= 0.6 is 0 Å². The fraction of sp³-hybridized carbons (Fsp3) is 0.500. The molecule has 0 N–H and O–H groups in total. The molecular formula is C16H22N4OS. The van der Waals surface area contributed by atoms with Crippen molar-refractivity contribution in [2.24, 2.45) is 5.92 Å². The van der Waals surface area contributed by atoms with E-state index in [4.69, 9.17) is 0 Å². The van der Waals surface area contributed by atoms with E-state index in [2.05, 4.69) is 15.0 Å². The van der Waals surface area contributed by atoms with Crippen LogP contribution in [0, 0.1) is 5.92 Å². The zero-order chi connectivity index (χ0) is 15.2. The van der Waals surface area contributed by atoms with Gasteiger partial charge in [-0.05, 0) is 37.4 Å². The Morgan fingerprint density at radius 3 is 2.91 bits per heavy atom. The molecule has 0 aliphatic carbocycles. The average molecular weight is 318 g/mol. The molecule has 1 fully saturated rings. The maximum atomic E-state index is 12.3. The predicted molar refractivity (Wildman–Crippen MR) is 86.9 cm³/mol. The molecule has 0 saturated carbocycles. The molecule has 2 heterocycles. The van der Waals surface area contributed by atoms with Crippen molar-refractivity contribution in [1.29, 1.82) is 0 Å². The van der Waals surface area contributed by atoms with E-state index >= 15 is 0 Å². The van der Waals surface area contributed by atoms with Crippen LogP contribution in [0.25, 0.3) is 0 Å². The largest absolute Gasteiger partial charge is 0.302 e. The monoisotopic (exact) mass is 318 g/mol. The summed E-state index contributed by atoms with van der Waals surface area (Å²) >= 11 is 0. The van der Waals surface area contributed by atoms with Crippen LogP contribution in [0.1, 0.15) is 12.8 Å². The van der Waals surface area contributed by atoms with Crippen LogP contribution in [0.2, 0.25) is 0 Å². The summed E-state index contributed by atoms with van der Waals surface area (Å²) in [6.45, 7) is 4.00. The Morgan fingerprint density at radius 1 is 1.27 bits per heavy atom. The molecule has 118 valence electrons. The molecule has 3 rings (SSSR count). The van der Waals surface area contributed by atoms with Crippen molar-refractivity contribution in [3.05, 3.63) is 43.0 Å². The predicted octanol–water partition coefficient (Wildman–Crippen LogP) is 1.80. The molecule has 0 amide bonds. The number of piperidine rings is 1. The number of benzene rings is 1. The van der Waals surface area contributed by atoms with Crippen LogP contribution in [0.5, 0.6) is 0 Å². The molecule has 1 aliphatic rings. The van der Waals surface area contributed by atoms with E-state index in [1.54, 1.807) is 12.7 Å². The molecule has 0 radical (unpaired) electrons. The summed E-state index contributed by atoms with van der Waals surface area (Å²) in [6.07, 6.45) is 5.81. The topological polar surface area (TPSA) is 51.0 Å². The molecule has 0 spiro atoms. The van der Waals surface area contributed by atoms with E-state index in [1.807, 2.05) is 35.0 Å². The molecule has 1 aliphatic heterocycles. The zero-order valence-electron chi connectivity index (χ0n) is 12.7. The van der Waals surface area contributed by atoms with Crippen molar-refractivity contribution >= 4 is 10.8 Å². The molecule has 1 saturated heterocycles. The van der Waals surface area contributed by atoms with Crippen LogP contribution in [0.4, 0.5) is 0 Å². The Kier molecular flexibility index (Phi) is 5.34. The average Bonchev–Trinajstić information content (AvgIpc) is 3.07. The highest BCUT2D eigenvalue weighted by Crippen LogP contribution is 2.18. The maximum absolute atomic E-state index is 12.3. The van der Waals surface area contributed by atoms with E-state index in [0.717, 1.165) is 31.1 Å². The standard InChI is InChI=1S/C16H22N4OS/c21-22(16-6-2-1-3-7-16)10-9-19-8-4-5-15(11-19)12-20-14-17-13-18-20/h1-3,6-7,13-15H,4-5,8-12H2/t15-,22+/m0/s1. The quantitative estimate of drug-likeness (QED) is 0.815.